The average Bonchev–Trinajstić information content (AvgIpc) is 0.895. The summed E-state index contributed by atoms with van der Waals surface area (Å²) in [6, 6.07) is 0. The lowest BCUT2D eigenvalue weighted by molar-refractivity contribution is -0.161. The molecule has 0 aromatic carbocycles. The van der Waals surface area contributed by atoms with Gasteiger partial charge in [-0.15, -0.1) is 0 Å². The van der Waals surface area contributed by atoms with E-state index in [2.05, 4.69) is 55.4 Å². The van der Waals surface area contributed by atoms with Gasteiger partial charge in [-0.2, -0.15) is 0 Å². The van der Waals surface area contributed by atoms with Gasteiger partial charge in [-0.05, 0) is 49.4 Å². The normalized spacial score (nSPS) is 14.2. The zero-order chi connectivity index (χ0) is 85.2. The Bertz CT molecular complexity index is 2240. The standard InChI is InChI=1S/C97H190O17P2/c1-9-89(7)75-67-59-51-43-37-31-25-19-13-16-22-28-34-40-46-56-64-71-79-96(101)113-92(83-107-94(99)77-69-61-53-44-38-32-26-20-14-11-17-23-29-35-41-49-57-65-73-87(3)4)85-111-115(103,104)109-81-91(98)82-110-116(105,106)112-86-93(84-108-95(100)78-70-62-54-48-47-52-60-68-76-90(8)10-2)114-97(102)80-72-63-55-45-39-33-27-21-15-12-18-24-30-36-42-50-58-66-74-88(5)6/h87-93,98H,9-86H2,1-8H3,(H,103,104)(H,105,106)/t89?,90?,91-,92-,93-/m1/s1. The summed E-state index contributed by atoms with van der Waals surface area (Å²) >= 11 is 0. The van der Waals surface area contributed by atoms with Crippen molar-refractivity contribution in [2.24, 2.45) is 23.7 Å². The summed E-state index contributed by atoms with van der Waals surface area (Å²) in [4.78, 5) is 73.6. The van der Waals surface area contributed by atoms with E-state index in [1.807, 2.05) is 0 Å². The van der Waals surface area contributed by atoms with E-state index in [4.69, 9.17) is 37.0 Å². The Morgan fingerprint density at radius 3 is 0.612 bits per heavy atom. The van der Waals surface area contributed by atoms with Crippen LogP contribution in [0.2, 0.25) is 0 Å². The molecule has 0 rings (SSSR count). The molecule has 0 aliphatic heterocycles. The van der Waals surface area contributed by atoms with Gasteiger partial charge < -0.3 is 33.8 Å². The van der Waals surface area contributed by atoms with Gasteiger partial charge in [0.25, 0.3) is 0 Å². The van der Waals surface area contributed by atoms with Crippen molar-refractivity contribution in [1.29, 1.82) is 0 Å². The van der Waals surface area contributed by atoms with Gasteiger partial charge in [0.15, 0.2) is 12.2 Å². The third-order valence-electron chi connectivity index (χ3n) is 23.5. The Morgan fingerprint density at radius 2 is 0.414 bits per heavy atom. The minimum Gasteiger partial charge on any atom is -0.462 e. The Balaban J connectivity index is 5.24. The van der Waals surface area contributed by atoms with Gasteiger partial charge in [-0.1, -0.05) is 466 Å². The van der Waals surface area contributed by atoms with Crippen LogP contribution in [0.1, 0.15) is 518 Å². The van der Waals surface area contributed by atoms with E-state index in [1.165, 1.54) is 321 Å². The summed E-state index contributed by atoms with van der Waals surface area (Å²) in [6.07, 6.45) is 79.3. The summed E-state index contributed by atoms with van der Waals surface area (Å²) < 4.78 is 69.3. The van der Waals surface area contributed by atoms with E-state index in [9.17, 15) is 43.2 Å². The third kappa shape index (κ3) is 87.0. The fraction of sp³-hybridized carbons (Fsp3) is 0.959. The molecule has 116 heavy (non-hydrogen) atoms. The molecule has 0 amide bonds. The molecule has 7 atom stereocenters. The molecule has 0 spiro atoms. The first-order valence-corrected chi connectivity index (χ1v) is 52.8. The monoisotopic (exact) mass is 1690 g/mol. The number of hydrogen-bond donors (Lipinski definition) is 3. The molecule has 17 nitrogen and oxygen atoms in total. The van der Waals surface area contributed by atoms with Crippen molar-refractivity contribution < 1.29 is 80.2 Å². The Labute approximate surface area is 715 Å². The molecule has 690 valence electrons. The first kappa shape index (κ1) is 114. The summed E-state index contributed by atoms with van der Waals surface area (Å²) in [6.45, 7) is 14.5. The SMILES string of the molecule is CCC(C)CCCCCCCCCCCCCCCCCCCCC(=O)O[C@H](COC(=O)CCCCCCCCCCCCCCCCCCCCC(C)C)COP(=O)(O)OC[C@@H](O)COP(=O)(O)OC[C@@H](COC(=O)CCCCCCCCCCC(C)CC)OC(=O)CCCCCCCCCCCCCCCCCCCCC(C)C. The fourth-order valence-electron chi connectivity index (χ4n) is 15.2. The van der Waals surface area contributed by atoms with Crippen LogP contribution in [-0.4, -0.2) is 96.7 Å². The van der Waals surface area contributed by atoms with E-state index >= 15 is 0 Å². The predicted octanol–water partition coefficient (Wildman–Crippen LogP) is 30.2. The number of rotatable bonds is 94. The number of hydrogen-bond acceptors (Lipinski definition) is 15. The number of aliphatic hydroxyl groups excluding tert-OH is 1. The van der Waals surface area contributed by atoms with E-state index in [0.29, 0.717) is 25.7 Å². The minimum atomic E-state index is -4.97. The van der Waals surface area contributed by atoms with Gasteiger partial charge in [-0.25, -0.2) is 9.13 Å². The molecule has 19 heteroatoms. The minimum absolute atomic E-state index is 0.108. The number of phosphoric acid groups is 2. The van der Waals surface area contributed by atoms with Gasteiger partial charge >= 0.3 is 39.5 Å². The highest BCUT2D eigenvalue weighted by atomic mass is 31.2. The topological polar surface area (TPSA) is 237 Å². The molecule has 0 saturated heterocycles. The molecule has 3 N–H and O–H groups in total. The van der Waals surface area contributed by atoms with Crippen molar-refractivity contribution in [3.63, 3.8) is 0 Å². The van der Waals surface area contributed by atoms with Crippen LogP contribution in [0.25, 0.3) is 0 Å². The van der Waals surface area contributed by atoms with Gasteiger partial charge in [0.2, 0.25) is 0 Å². The predicted molar refractivity (Wildman–Crippen MR) is 483 cm³/mol. The lowest BCUT2D eigenvalue weighted by atomic mass is 9.99. The van der Waals surface area contributed by atoms with Crippen LogP contribution in [-0.2, 0) is 65.4 Å². The number of unbranched alkanes of at least 4 members (excludes halogenated alkanes) is 58. The maximum absolute atomic E-state index is 13.2. The summed E-state index contributed by atoms with van der Waals surface area (Å²) in [5.74, 6) is 1.20. The van der Waals surface area contributed by atoms with Crippen LogP contribution in [0, 0.1) is 23.7 Å². The van der Waals surface area contributed by atoms with Crippen LogP contribution >= 0.6 is 15.6 Å². The quantitative estimate of drug-likeness (QED) is 0.0222. The molecular formula is C97H190O17P2. The molecule has 0 saturated carbocycles. The summed E-state index contributed by atoms with van der Waals surface area (Å²) in [7, 11) is -9.95. The first-order valence-electron chi connectivity index (χ1n) is 49.8. The van der Waals surface area contributed by atoms with Gasteiger partial charge in [0, 0.05) is 25.7 Å². The number of ether oxygens (including phenoxy) is 4. The molecule has 0 aliphatic carbocycles. The molecule has 0 fully saturated rings. The number of aliphatic hydroxyl groups is 1. The number of esters is 4. The van der Waals surface area contributed by atoms with Crippen LogP contribution in [0.5, 0.6) is 0 Å². The molecule has 0 aromatic heterocycles. The highest BCUT2D eigenvalue weighted by molar-refractivity contribution is 7.47. The molecule has 0 bridgehead atoms. The second kappa shape index (κ2) is 85.2. The second-order valence-corrected chi connectivity index (χ2v) is 39.2. The largest absolute Gasteiger partial charge is 0.472 e. The smallest absolute Gasteiger partial charge is 0.462 e. The van der Waals surface area contributed by atoms with E-state index in [0.717, 1.165) is 114 Å². The van der Waals surface area contributed by atoms with Gasteiger partial charge in [0.1, 0.15) is 19.3 Å². The van der Waals surface area contributed by atoms with E-state index in [-0.39, 0.29) is 25.7 Å². The van der Waals surface area contributed by atoms with Gasteiger partial charge in [-0.3, -0.25) is 37.3 Å². The molecule has 0 radical (unpaired) electrons. The highest BCUT2D eigenvalue weighted by Gasteiger charge is 2.31. The fourth-order valence-corrected chi connectivity index (χ4v) is 16.8. The van der Waals surface area contributed by atoms with Crippen molar-refractivity contribution in [2.45, 2.75) is 536 Å². The number of carbonyl (C=O) groups is 4. The molecule has 0 aliphatic rings. The Kier molecular flexibility index (Phi) is 83.8. The van der Waals surface area contributed by atoms with Crippen LogP contribution in [0.3, 0.4) is 0 Å². The molecule has 0 aromatic rings. The molecular weight excluding hydrogens is 1500 g/mol. The Hall–Kier alpha value is -1.94. The first-order chi connectivity index (χ1) is 56.2. The maximum Gasteiger partial charge on any atom is 0.472 e. The van der Waals surface area contributed by atoms with Crippen LogP contribution in [0.15, 0.2) is 0 Å². The van der Waals surface area contributed by atoms with Crippen LogP contribution in [0.4, 0.5) is 0 Å². The highest BCUT2D eigenvalue weighted by Crippen LogP contribution is 2.45. The van der Waals surface area contributed by atoms with E-state index < -0.39 is 97.5 Å². The zero-order valence-corrected chi connectivity index (χ0v) is 78.9. The van der Waals surface area contributed by atoms with Crippen molar-refractivity contribution in [2.75, 3.05) is 39.6 Å². The van der Waals surface area contributed by atoms with Crippen LogP contribution < -0.4 is 0 Å². The third-order valence-corrected chi connectivity index (χ3v) is 25.4. The van der Waals surface area contributed by atoms with Crippen molar-refractivity contribution in [3.05, 3.63) is 0 Å². The van der Waals surface area contributed by atoms with Crippen molar-refractivity contribution in [1.82, 2.24) is 0 Å². The maximum atomic E-state index is 13.2. The van der Waals surface area contributed by atoms with Gasteiger partial charge in [0.05, 0.1) is 26.4 Å². The molecule has 0 heterocycles. The van der Waals surface area contributed by atoms with E-state index in [1.54, 1.807) is 0 Å². The second-order valence-electron chi connectivity index (χ2n) is 36.3. The van der Waals surface area contributed by atoms with Crippen molar-refractivity contribution >= 4 is 39.5 Å². The number of phosphoric ester groups is 2. The average molecular weight is 1690 g/mol. The summed E-state index contributed by atoms with van der Waals surface area (Å²) in [5, 5.41) is 10.7. The lowest BCUT2D eigenvalue weighted by Gasteiger charge is -2.21. The molecule has 4 unspecified atom stereocenters. The van der Waals surface area contributed by atoms with Crippen molar-refractivity contribution in [3.8, 4) is 0 Å². The lowest BCUT2D eigenvalue weighted by Crippen LogP contribution is -2.30. The number of carbonyl (C=O) groups excluding carboxylic acids is 4. The zero-order valence-electron chi connectivity index (χ0n) is 77.1. The Morgan fingerprint density at radius 1 is 0.241 bits per heavy atom. The summed E-state index contributed by atoms with van der Waals surface area (Å²) in [5.41, 5.74) is 0.